The molecule has 0 bridgehead atoms. The highest BCUT2D eigenvalue weighted by Gasteiger charge is 2.25. The fourth-order valence-corrected chi connectivity index (χ4v) is 4.29. The molecule has 1 atom stereocenters. The molecule has 4 nitrogen and oxygen atoms in total. The summed E-state index contributed by atoms with van der Waals surface area (Å²) in [7, 11) is 4.22. The molecule has 2 aromatic rings. The lowest BCUT2D eigenvalue weighted by Crippen LogP contribution is -2.42. The van der Waals surface area contributed by atoms with Crippen LogP contribution in [0.3, 0.4) is 0 Å². The van der Waals surface area contributed by atoms with Gasteiger partial charge in [0.2, 0.25) is 0 Å². The fraction of sp³-hybridized carbons (Fsp3) is 0.571. The molecular formula is C21H31N3O. The first-order chi connectivity index (χ1) is 11.9. The summed E-state index contributed by atoms with van der Waals surface area (Å²) in [5, 5.41) is 1.21. The fourth-order valence-electron chi connectivity index (χ4n) is 4.29. The Hall–Kier alpha value is -1.81. The van der Waals surface area contributed by atoms with Crippen molar-refractivity contribution in [3.8, 4) is 0 Å². The summed E-state index contributed by atoms with van der Waals surface area (Å²) in [4.78, 5) is 17.3. The average Bonchev–Trinajstić information content (AvgIpc) is 2.84. The Balaban J connectivity index is 1.86. The average molecular weight is 341 g/mol. The van der Waals surface area contributed by atoms with Crippen molar-refractivity contribution in [3.63, 3.8) is 0 Å². The lowest BCUT2D eigenvalue weighted by Gasteiger charge is -2.34. The van der Waals surface area contributed by atoms with Crippen LogP contribution >= 0.6 is 0 Å². The summed E-state index contributed by atoms with van der Waals surface area (Å²) >= 11 is 0. The molecule has 1 aliphatic rings. The first-order valence-electron chi connectivity index (χ1n) is 9.45. The molecule has 0 radical (unpaired) electrons. The van der Waals surface area contributed by atoms with Gasteiger partial charge in [-0.25, -0.2) is 0 Å². The molecule has 3 rings (SSSR count). The standard InChI is InChI=1S/C21H31N3O/c1-6-24-16(3)15(2)19-12-18(9-10-20(19)24)21(25)23-11-7-8-17(14-23)13-22(4)5/h9-10,12,17H,6-8,11,13-14H2,1-5H3/t17-/m0/s1. The van der Waals surface area contributed by atoms with Gasteiger partial charge in [-0.05, 0) is 77.4 Å². The van der Waals surface area contributed by atoms with Gasteiger partial charge >= 0.3 is 0 Å². The molecule has 1 amide bonds. The molecule has 0 aliphatic carbocycles. The van der Waals surface area contributed by atoms with Crippen molar-refractivity contribution in [1.82, 2.24) is 14.4 Å². The molecule has 0 N–H and O–H groups in total. The first-order valence-corrected chi connectivity index (χ1v) is 9.45. The third-order valence-electron chi connectivity index (χ3n) is 5.63. The number of fused-ring (bicyclic) bond motifs is 1. The molecule has 136 valence electrons. The normalized spacial score (nSPS) is 18.3. The summed E-state index contributed by atoms with van der Waals surface area (Å²) < 4.78 is 2.33. The lowest BCUT2D eigenvalue weighted by atomic mass is 9.96. The van der Waals surface area contributed by atoms with E-state index in [0.717, 1.165) is 38.2 Å². The second-order valence-electron chi connectivity index (χ2n) is 7.71. The lowest BCUT2D eigenvalue weighted by molar-refractivity contribution is 0.0655. The summed E-state index contributed by atoms with van der Waals surface area (Å²) in [5.41, 5.74) is 4.65. The zero-order valence-electron chi connectivity index (χ0n) is 16.3. The number of hydrogen-bond donors (Lipinski definition) is 0. The number of rotatable bonds is 4. The SMILES string of the molecule is CCn1c(C)c(C)c2cc(C(=O)N3CCC[C@@H](CN(C)C)C3)ccc21. The Labute approximate surface area is 151 Å². The summed E-state index contributed by atoms with van der Waals surface area (Å²) in [6.45, 7) is 10.3. The zero-order chi connectivity index (χ0) is 18.1. The highest BCUT2D eigenvalue weighted by molar-refractivity contribution is 5.99. The molecule has 0 spiro atoms. The third kappa shape index (κ3) is 3.45. The van der Waals surface area contributed by atoms with E-state index in [2.05, 4.69) is 61.4 Å². The van der Waals surface area contributed by atoms with E-state index in [4.69, 9.17) is 0 Å². The number of amides is 1. The van der Waals surface area contributed by atoms with Gasteiger partial charge in [0, 0.05) is 48.3 Å². The Kier molecular flexibility index (Phi) is 5.19. The summed E-state index contributed by atoms with van der Waals surface area (Å²) in [5.74, 6) is 0.772. The van der Waals surface area contributed by atoms with E-state index in [9.17, 15) is 4.79 Å². The van der Waals surface area contributed by atoms with Gasteiger partial charge in [-0.1, -0.05) is 0 Å². The van der Waals surface area contributed by atoms with Crippen molar-refractivity contribution in [2.24, 2.45) is 5.92 Å². The number of nitrogens with zero attached hydrogens (tertiary/aromatic N) is 3. The second-order valence-corrected chi connectivity index (χ2v) is 7.71. The van der Waals surface area contributed by atoms with Crippen LogP contribution in [-0.2, 0) is 6.54 Å². The largest absolute Gasteiger partial charge is 0.345 e. The van der Waals surface area contributed by atoms with E-state index >= 15 is 0 Å². The molecule has 1 saturated heterocycles. The number of benzene rings is 1. The number of piperidine rings is 1. The van der Waals surface area contributed by atoms with Gasteiger partial charge in [-0.2, -0.15) is 0 Å². The number of aryl methyl sites for hydroxylation is 2. The predicted molar refractivity (Wildman–Crippen MR) is 104 cm³/mol. The van der Waals surface area contributed by atoms with Gasteiger partial charge in [-0.15, -0.1) is 0 Å². The van der Waals surface area contributed by atoms with E-state index in [0.29, 0.717) is 5.92 Å². The van der Waals surface area contributed by atoms with E-state index in [1.165, 1.54) is 28.6 Å². The molecule has 25 heavy (non-hydrogen) atoms. The molecule has 0 saturated carbocycles. The number of hydrogen-bond acceptors (Lipinski definition) is 2. The van der Waals surface area contributed by atoms with Gasteiger partial charge in [0.1, 0.15) is 0 Å². The van der Waals surface area contributed by atoms with E-state index in [-0.39, 0.29) is 5.91 Å². The molecular weight excluding hydrogens is 310 g/mol. The van der Waals surface area contributed by atoms with Gasteiger partial charge in [0.25, 0.3) is 5.91 Å². The van der Waals surface area contributed by atoms with Gasteiger partial charge in [-0.3, -0.25) is 4.79 Å². The molecule has 1 aliphatic heterocycles. The number of carbonyl (C=O) groups is 1. The molecule has 1 aromatic carbocycles. The van der Waals surface area contributed by atoms with Crippen LogP contribution < -0.4 is 0 Å². The quantitative estimate of drug-likeness (QED) is 0.848. The van der Waals surface area contributed by atoms with Crippen molar-refractivity contribution in [2.75, 3.05) is 33.7 Å². The smallest absolute Gasteiger partial charge is 0.253 e. The third-order valence-corrected chi connectivity index (χ3v) is 5.63. The van der Waals surface area contributed by atoms with Crippen LogP contribution in [0.25, 0.3) is 10.9 Å². The zero-order valence-corrected chi connectivity index (χ0v) is 16.3. The van der Waals surface area contributed by atoms with E-state index in [1.54, 1.807) is 0 Å². The van der Waals surface area contributed by atoms with Crippen molar-refractivity contribution >= 4 is 16.8 Å². The molecule has 4 heteroatoms. The van der Waals surface area contributed by atoms with E-state index < -0.39 is 0 Å². The predicted octanol–water partition coefficient (Wildman–Crippen LogP) is 3.69. The Bertz CT molecular complexity index is 775. The summed E-state index contributed by atoms with van der Waals surface area (Å²) in [6.07, 6.45) is 2.33. The van der Waals surface area contributed by atoms with Crippen molar-refractivity contribution in [2.45, 2.75) is 40.2 Å². The molecule has 1 fully saturated rings. The number of carbonyl (C=O) groups excluding carboxylic acids is 1. The highest BCUT2D eigenvalue weighted by Crippen LogP contribution is 2.27. The Morgan fingerprint density at radius 3 is 2.72 bits per heavy atom. The highest BCUT2D eigenvalue weighted by atomic mass is 16.2. The summed E-state index contributed by atoms with van der Waals surface area (Å²) in [6, 6.07) is 6.22. The number of likely N-dealkylation sites (tertiary alicyclic amines) is 1. The van der Waals surface area contributed by atoms with Crippen LogP contribution in [0, 0.1) is 19.8 Å². The Morgan fingerprint density at radius 2 is 2.04 bits per heavy atom. The van der Waals surface area contributed by atoms with Gasteiger partial charge in [0.05, 0.1) is 0 Å². The van der Waals surface area contributed by atoms with Crippen LogP contribution in [-0.4, -0.2) is 54.0 Å². The van der Waals surface area contributed by atoms with Crippen molar-refractivity contribution in [3.05, 3.63) is 35.0 Å². The minimum Gasteiger partial charge on any atom is -0.345 e. The van der Waals surface area contributed by atoms with Crippen molar-refractivity contribution < 1.29 is 4.79 Å². The minimum atomic E-state index is 0.187. The molecule has 2 heterocycles. The number of aromatic nitrogens is 1. The Morgan fingerprint density at radius 1 is 1.28 bits per heavy atom. The minimum absolute atomic E-state index is 0.187. The first kappa shape index (κ1) is 18.0. The van der Waals surface area contributed by atoms with Crippen molar-refractivity contribution in [1.29, 1.82) is 0 Å². The maximum absolute atomic E-state index is 13.1. The van der Waals surface area contributed by atoms with Gasteiger partial charge < -0.3 is 14.4 Å². The van der Waals surface area contributed by atoms with Gasteiger partial charge in [0.15, 0.2) is 0 Å². The maximum Gasteiger partial charge on any atom is 0.253 e. The van der Waals surface area contributed by atoms with Crippen LogP contribution in [0.5, 0.6) is 0 Å². The monoisotopic (exact) mass is 341 g/mol. The topological polar surface area (TPSA) is 28.5 Å². The van der Waals surface area contributed by atoms with Crippen LogP contribution in [0.2, 0.25) is 0 Å². The maximum atomic E-state index is 13.1. The van der Waals surface area contributed by atoms with E-state index in [1.807, 2.05) is 6.07 Å². The van der Waals surface area contributed by atoms with Crippen LogP contribution in [0.15, 0.2) is 18.2 Å². The van der Waals surface area contributed by atoms with Crippen LogP contribution in [0.1, 0.15) is 41.4 Å². The molecule has 0 unspecified atom stereocenters. The van der Waals surface area contributed by atoms with Crippen LogP contribution in [0.4, 0.5) is 0 Å². The molecule has 1 aromatic heterocycles. The second kappa shape index (κ2) is 7.20.